The molecule has 0 N–H and O–H groups in total. The molecule has 1 heterocycles. The van der Waals surface area contributed by atoms with Crippen LogP contribution in [-0.4, -0.2) is 49.1 Å². The van der Waals surface area contributed by atoms with E-state index in [0.29, 0.717) is 5.95 Å². The van der Waals surface area contributed by atoms with E-state index in [1.807, 2.05) is 0 Å². The van der Waals surface area contributed by atoms with Crippen LogP contribution in [-0.2, 0) is 0 Å². The Bertz CT molecular complexity index is 360. The van der Waals surface area contributed by atoms with Gasteiger partial charge in [0.15, 0.2) is 0 Å². The molecule has 0 fully saturated rings. The highest BCUT2D eigenvalue weighted by Gasteiger charge is 2.14. The summed E-state index contributed by atoms with van der Waals surface area (Å²) in [4.78, 5) is 14.5. The molecule has 0 amide bonds. The van der Waals surface area contributed by atoms with Crippen LogP contribution in [0.15, 0.2) is 0 Å². The fourth-order valence-electron chi connectivity index (χ4n) is 0.989. The molecule has 16 heavy (non-hydrogen) atoms. The Morgan fingerprint density at radius 3 is 2.19 bits per heavy atom. The zero-order valence-electron chi connectivity index (χ0n) is 9.15. The number of rotatable bonds is 4. The summed E-state index contributed by atoms with van der Waals surface area (Å²) in [6.07, 6.45) is -2.46. The molecule has 0 radical (unpaired) electrons. The third-order valence-corrected chi connectivity index (χ3v) is 1.91. The number of anilines is 2. The van der Waals surface area contributed by atoms with Gasteiger partial charge in [-0.2, -0.15) is 15.0 Å². The summed E-state index contributed by atoms with van der Waals surface area (Å²) in [5.41, 5.74) is 0. The van der Waals surface area contributed by atoms with Gasteiger partial charge in [0.2, 0.25) is 17.2 Å². The molecule has 0 bridgehead atoms. The molecule has 1 aromatic heterocycles. The summed E-state index contributed by atoms with van der Waals surface area (Å²) in [5, 5.41) is -0.0187. The van der Waals surface area contributed by atoms with E-state index in [-0.39, 0.29) is 11.2 Å². The Balaban J connectivity index is 2.95. The second kappa shape index (κ2) is 5.20. The quantitative estimate of drug-likeness (QED) is 0.807. The Hall–Kier alpha value is -1.24. The van der Waals surface area contributed by atoms with E-state index in [1.54, 1.807) is 19.0 Å². The van der Waals surface area contributed by atoms with Crippen LogP contribution in [0.1, 0.15) is 0 Å². The third-order valence-electron chi connectivity index (χ3n) is 1.74. The Morgan fingerprint density at radius 2 is 1.69 bits per heavy atom. The molecule has 0 unspecified atom stereocenters. The van der Waals surface area contributed by atoms with E-state index in [0.717, 1.165) is 0 Å². The van der Waals surface area contributed by atoms with Gasteiger partial charge in [-0.1, -0.05) is 0 Å². The van der Waals surface area contributed by atoms with Gasteiger partial charge in [0.25, 0.3) is 6.43 Å². The Kier molecular flexibility index (Phi) is 4.17. The molecule has 0 aliphatic carbocycles. The van der Waals surface area contributed by atoms with Crippen molar-refractivity contribution in [2.24, 2.45) is 0 Å². The predicted molar refractivity (Wildman–Crippen MR) is 58.4 cm³/mol. The number of hydrogen-bond donors (Lipinski definition) is 0. The fraction of sp³-hybridized carbons (Fsp3) is 0.625. The molecule has 0 aromatic carbocycles. The van der Waals surface area contributed by atoms with Crippen molar-refractivity contribution in [1.29, 1.82) is 0 Å². The third kappa shape index (κ3) is 3.41. The summed E-state index contributed by atoms with van der Waals surface area (Å²) in [5.74, 6) is 0.458. The lowest BCUT2D eigenvalue weighted by atomic mass is 10.6. The van der Waals surface area contributed by atoms with Gasteiger partial charge in [-0.25, -0.2) is 8.78 Å². The molecule has 8 heteroatoms. The van der Waals surface area contributed by atoms with E-state index >= 15 is 0 Å². The average molecular weight is 252 g/mol. The molecule has 0 aliphatic rings. The van der Waals surface area contributed by atoms with Crippen LogP contribution >= 0.6 is 11.6 Å². The van der Waals surface area contributed by atoms with E-state index in [1.165, 1.54) is 11.9 Å². The van der Waals surface area contributed by atoms with Crippen molar-refractivity contribution in [2.45, 2.75) is 6.43 Å². The highest BCUT2D eigenvalue weighted by Crippen LogP contribution is 2.14. The molecule has 1 rings (SSSR count). The number of nitrogens with zero attached hydrogens (tertiary/aromatic N) is 5. The molecular weight excluding hydrogens is 240 g/mol. The minimum Gasteiger partial charge on any atom is -0.347 e. The molecule has 0 spiro atoms. The topological polar surface area (TPSA) is 45.2 Å². The first-order valence-corrected chi connectivity index (χ1v) is 4.86. The monoisotopic (exact) mass is 251 g/mol. The lowest BCUT2D eigenvalue weighted by Gasteiger charge is -2.18. The molecule has 5 nitrogen and oxygen atoms in total. The average Bonchev–Trinajstić information content (AvgIpc) is 2.15. The van der Waals surface area contributed by atoms with Crippen molar-refractivity contribution in [1.82, 2.24) is 15.0 Å². The van der Waals surface area contributed by atoms with Gasteiger partial charge in [0, 0.05) is 21.1 Å². The summed E-state index contributed by atoms with van der Waals surface area (Å²) in [6.45, 7) is -0.451. The first-order chi connectivity index (χ1) is 7.40. The van der Waals surface area contributed by atoms with Crippen molar-refractivity contribution < 1.29 is 8.78 Å². The second-order valence-electron chi connectivity index (χ2n) is 3.37. The second-order valence-corrected chi connectivity index (χ2v) is 3.71. The Labute approximate surface area is 97.1 Å². The minimum atomic E-state index is -2.46. The molecule has 0 saturated heterocycles. The lowest BCUT2D eigenvalue weighted by molar-refractivity contribution is 0.156. The highest BCUT2D eigenvalue weighted by atomic mass is 35.5. The van der Waals surface area contributed by atoms with E-state index in [9.17, 15) is 8.78 Å². The molecule has 0 atom stereocenters. The number of halogens is 3. The van der Waals surface area contributed by atoms with Crippen LogP contribution in [0.25, 0.3) is 0 Å². The van der Waals surface area contributed by atoms with E-state index in [4.69, 9.17) is 11.6 Å². The zero-order chi connectivity index (χ0) is 12.3. The van der Waals surface area contributed by atoms with Crippen molar-refractivity contribution in [2.75, 3.05) is 37.5 Å². The van der Waals surface area contributed by atoms with Crippen molar-refractivity contribution in [3.63, 3.8) is 0 Å². The maximum absolute atomic E-state index is 12.2. The SMILES string of the molecule is CN(C)c1nc(Cl)nc(N(C)CC(F)F)n1. The van der Waals surface area contributed by atoms with Crippen LogP contribution in [0, 0.1) is 0 Å². The van der Waals surface area contributed by atoms with E-state index in [2.05, 4.69) is 15.0 Å². The molecule has 0 saturated carbocycles. The first-order valence-electron chi connectivity index (χ1n) is 4.48. The largest absolute Gasteiger partial charge is 0.347 e. The minimum absolute atomic E-state index is 0.0187. The molecule has 90 valence electrons. The van der Waals surface area contributed by atoms with Gasteiger partial charge >= 0.3 is 0 Å². The number of alkyl halides is 2. The van der Waals surface area contributed by atoms with Crippen LogP contribution in [0.2, 0.25) is 5.28 Å². The smallest absolute Gasteiger partial charge is 0.255 e. The number of aromatic nitrogens is 3. The predicted octanol–water partition coefficient (Wildman–Crippen LogP) is 1.29. The maximum Gasteiger partial charge on any atom is 0.255 e. The van der Waals surface area contributed by atoms with Gasteiger partial charge in [-0.3, -0.25) is 0 Å². The van der Waals surface area contributed by atoms with Gasteiger partial charge in [-0.15, -0.1) is 0 Å². The summed E-state index contributed by atoms with van der Waals surface area (Å²) in [7, 11) is 4.92. The van der Waals surface area contributed by atoms with Gasteiger partial charge in [0.1, 0.15) is 0 Å². The fourth-order valence-corrected chi connectivity index (χ4v) is 1.14. The lowest BCUT2D eigenvalue weighted by Crippen LogP contribution is -2.27. The van der Waals surface area contributed by atoms with Crippen LogP contribution in [0.5, 0.6) is 0 Å². The standard InChI is InChI=1S/C8H12ClF2N5/c1-15(2)7-12-6(9)13-8(14-7)16(3)4-5(10)11/h5H,4H2,1-3H3. The molecular formula is C8H12ClF2N5. The number of hydrogen-bond acceptors (Lipinski definition) is 5. The van der Waals surface area contributed by atoms with Gasteiger partial charge in [0.05, 0.1) is 6.54 Å². The molecule has 0 aliphatic heterocycles. The molecule has 1 aromatic rings. The Morgan fingerprint density at radius 1 is 1.12 bits per heavy atom. The van der Waals surface area contributed by atoms with Gasteiger partial charge in [-0.05, 0) is 11.6 Å². The van der Waals surface area contributed by atoms with Crippen molar-refractivity contribution in [3.05, 3.63) is 5.28 Å². The summed E-state index contributed by atoms with van der Waals surface area (Å²) < 4.78 is 24.3. The normalized spacial score (nSPS) is 10.7. The van der Waals surface area contributed by atoms with Crippen molar-refractivity contribution in [3.8, 4) is 0 Å². The summed E-state index contributed by atoms with van der Waals surface area (Å²) >= 11 is 5.67. The van der Waals surface area contributed by atoms with Crippen LogP contribution < -0.4 is 9.80 Å². The van der Waals surface area contributed by atoms with Gasteiger partial charge < -0.3 is 9.80 Å². The van der Waals surface area contributed by atoms with E-state index < -0.39 is 13.0 Å². The van der Waals surface area contributed by atoms with Crippen molar-refractivity contribution >= 4 is 23.5 Å². The first kappa shape index (κ1) is 12.8. The summed E-state index contributed by atoms with van der Waals surface area (Å²) in [6, 6.07) is 0. The van der Waals surface area contributed by atoms with Crippen LogP contribution in [0.3, 0.4) is 0 Å². The highest BCUT2D eigenvalue weighted by molar-refractivity contribution is 6.28. The maximum atomic E-state index is 12.2. The zero-order valence-corrected chi connectivity index (χ0v) is 9.91. The van der Waals surface area contributed by atoms with Crippen LogP contribution in [0.4, 0.5) is 20.7 Å².